The van der Waals surface area contributed by atoms with Gasteiger partial charge in [-0.05, 0) is 24.3 Å². The molecule has 1 fully saturated rings. The summed E-state index contributed by atoms with van der Waals surface area (Å²) in [5.74, 6) is 0.861. The Morgan fingerprint density at radius 1 is 1.33 bits per heavy atom. The summed E-state index contributed by atoms with van der Waals surface area (Å²) in [5, 5.41) is 3.66. The quantitative estimate of drug-likeness (QED) is 0.889. The zero-order chi connectivity index (χ0) is 13.0. The van der Waals surface area contributed by atoms with Gasteiger partial charge in [0.2, 0.25) is 5.95 Å². The number of anilines is 1. The fourth-order valence-corrected chi connectivity index (χ4v) is 2.23. The number of piperidine rings is 1. The highest BCUT2D eigenvalue weighted by atomic mass is 15.3. The van der Waals surface area contributed by atoms with Crippen molar-refractivity contribution in [1.82, 2.24) is 15.3 Å². The van der Waals surface area contributed by atoms with Crippen molar-refractivity contribution in [2.24, 2.45) is 5.41 Å². The summed E-state index contributed by atoms with van der Waals surface area (Å²) in [6.45, 7) is 9.93. The van der Waals surface area contributed by atoms with E-state index in [2.05, 4.69) is 41.0 Å². The second-order valence-corrected chi connectivity index (χ2v) is 6.28. The SMILES string of the molecule is CC(C)(C)CNC1CCCN(c2ncccn2)C1. The molecule has 1 N–H and O–H groups in total. The lowest BCUT2D eigenvalue weighted by Crippen LogP contribution is -2.48. The number of aromatic nitrogens is 2. The van der Waals surface area contributed by atoms with Crippen LogP contribution in [0.4, 0.5) is 5.95 Å². The van der Waals surface area contributed by atoms with Crippen LogP contribution >= 0.6 is 0 Å². The van der Waals surface area contributed by atoms with Crippen molar-refractivity contribution in [2.75, 3.05) is 24.5 Å². The highest BCUT2D eigenvalue weighted by Gasteiger charge is 2.22. The first kappa shape index (κ1) is 13.3. The Labute approximate surface area is 110 Å². The monoisotopic (exact) mass is 248 g/mol. The van der Waals surface area contributed by atoms with Crippen LogP contribution in [0.25, 0.3) is 0 Å². The molecule has 0 spiro atoms. The van der Waals surface area contributed by atoms with Gasteiger partial charge >= 0.3 is 0 Å². The van der Waals surface area contributed by atoms with Gasteiger partial charge in [-0.2, -0.15) is 0 Å². The minimum atomic E-state index is 0.339. The van der Waals surface area contributed by atoms with Crippen LogP contribution in [0.3, 0.4) is 0 Å². The molecule has 100 valence electrons. The van der Waals surface area contributed by atoms with E-state index in [1.807, 2.05) is 18.5 Å². The number of hydrogen-bond donors (Lipinski definition) is 1. The van der Waals surface area contributed by atoms with E-state index >= 15 is 0 Å². The van der Waals surface area contributed by atoms with Gasteiger partial charge in [0, 0.05) is 38.1 Å². The predicted molar refractivity (Wildman–Crippen MR) is 74.7 cm³/mol. The van der Waals surface area contributed by atoms with Crippen molar-refractivity contribution < 1.29 is 0 Å². The molecule has 1 atom stereocenters. The van der Waals surface area contributed by atoms with Crippen molar-refractivity contribution in [2.45, 2.75) is 39.7 Å². The fourth-order valence-electron chi connectivity index (χ4n) is 2.23. The summed E-state index contributed by atoms with van der Waals surface area (Å²) >= 11 is 0. The van der Waals surface area contributed by atoms with Crippen LogP contribution in [0.15, 0.2) is 18.5 Å². The highest BCUT2D eigenvalue weighted by Crippen LogP contribution is 2.17. The van der Waals surface area contributed by atoms with E-state index in [4.69, 9.17) is 0 Å². The maximum Gasteiger partial charge on any atom is 0.225 e. The highest BCUT2D eigenvalue weighted by molar-refractivity contribution is 5.29. The molecule has 0 amide bonds. The maximum absolute atomic E-state index is 4.33. The fraction of sp³-hybridized carbons (Fsp3) is 0.714. The largest absolute Gasteiger partial charge is 0.339 e. The Morgan fingerprint density at radius 2 is 2.06 bits per heavy atom. The van der Waals surface area contributed by atoms with Crippen LogP contribution in [-0.2, 0) is 0 Å². The van der Waals surface area contributed by atoms with Crippen LogP contribution in [0.1, 0.15) is 33.6 Å². The van der Waals surface area contributed by atoms with Gasteiger partial charge in [0.05, 0.1) is 0 Å². The van der Waals surface area contributed by atoms with E-state index in [-0.39, 0.29) is 0 Å². The Balaban J connectivity index is 1.89. The second kappa shape index (κ2) is 5.65. The molecule has 1 saturated heterocycles. The minimum Gasteiger partial charge on any atom is -0.339 e. The first-order chi connectivity index (χ1) is 8.54. The van der Waals surface area contributed by atoms with Gasteiger partial charge in [-0.3, -0.25) is 0 Å². The van der Waals surface area contributed by atoms with Crippen molar-refractivity contribution in [3.63, 3.8) is 0 Å². The number of nitrogens with one attached hydrogen (secondary N) is 1. The first-order valence-corrected chi connectivity index (χ1v) is 6.80. The summed E-state index contributed by atoms with van der Waals surface area (Å²) in [6.07, 6.45) is 6.09. The third kappa shape index (κ3) is 3.95. The van der Waals surface area contributed by atoms with Crippen molar-refractivity contribution in [3.8, 4) is 0 Å². The van der Waals surface area contributed by atoms with Crippen molar-refractivity contribution >= 4 is 5.95 Å². The Hall–Kier alpha value is -1.16. The summed E-state index contributed by atoms with van der Waals surface area (Å²) < 4.78 is 0. The lowest BCUT2D eigenvalue weighted by atomic mass is 9.95. The number of nitrogens with zero attached hydrogens (tertiary/aromatic N) is 3. The molecule has 0 aliphatic carbocycles. The molecule has 4 heteroatoms. The lowest BCUT2D eigenvalue weighted by molar-refractivity contribution is 0.327. The van der Waals surface area contributed by atoms with E-state index in [1.165, 1.54) is 12.8 Å². The minimum absolute atomic E-state index is 0.339. The molecular weight excluding hydrogens is 224 g/mol. The first-order valence-electron chi connectivity index (χ1n) is 6.80. The lowest BCUT2D eigenvalue weighted by Gasteiger charge is -2.34. The van der Waals surface area contributed by atoms with E-state index in [1.54, 1.807) is 0 Å². The van der Waals surface area contributed by atoms with E-state index < -0.39 is 0 Å². The molecule has 2 heterocycles. The zero-order valence-corrected chi connectivity index (χ0v) is 11.7. The molecule has 18 heavy (non-hydrogen) atoms. The van der Waals surface area contributed by atoms with Gasteiger partial charge in [-0.15, -0.1) is 0 Å². The molecule has 0 bridgehead atoms. The molecule has 1 unspecified atom stereocenters. The summed E-state index contributed by atoms with van der Waals surface area (Å²) in [7, 11) is 0. The van der Waals surface area contributed by atoms with Gasteiger partial charge in [-0.1, -0.05) is 20.8 Å². The summed E-state index contributed by atoms with van der Waals surface area (Å²) in [6, 6.07) is 2.42. The van der Waals surface area contributed by atoms with Crippen LogP contribution in [-0.4, -0.2) is 35.6 Å². The van der Waals surface area contributed by atoms with Gasteiger partial charge in [0.1, 0.15) is 0 Å². The van der Waals surface area contributed by atoms with E-state index in [9.17, 15) is 0 Å². The molecule has 1 aliphatic rings. The van der Waals surface area contributed by atoms with E-state index in [0.29, 0.717) is 11.5 Å². The molecular formula is C14H24N4. The average Bonchev–Trinajstić information content (AvgIpc) is 2.37. The average molecular weight is 248 g/mol. The van der Waals surface area contributed by atoms with Crippen LogP contribution in [0.2, 0.25) is 0 Å². The molecule has 1 aromatic heterocycles. The molecule has 1 aromatic rings. The van der Waals surface area contributed by atoms with Gasteiger partial charge in [0.25, 0.3) is 0 Å². The summed E-state index contributed by atoms with van der Waals surface area (Å²) in [4.78, 5) is 10.9. The van der Waals surface area contributed by atoms with Gasteiger partial charge < -0.3 is 10.2 Å². The molecule has 0 aromatic carbocycles. The van der Waals surface area contributed by atoms with Crippen LogP contribution in [0, 0.1) is 5.41 Å². The third-order valence-electron chi connectivity index (χ3n) is 3.18. The third-order valence-corrected chi connectivity index (χ3v) is 3.18. The Kier molecular flexibility index (Phi) is 4.17. The maximum atomic E-state index is 4.33. The zero-order valence-electron chi connectivity index (χ0n) is 11.7. The van der Waals surface area contributed by atoms with Crippen molar-refractivity contribution in [1.29, 1.82) is 0 Å². The molecule has 2 rings (SSSR count). The van der Waals surface area contributed by atoms with Crippen molar-refractivity contribution in [3.05, 3.63) is 18.5 Å². The molecule has 4 nitrogen and oxygen atoms in total. The normalized spacial score (nSPS) is 21.1. The predicted octanol–water partition coefficient (Wildman–Crippen LogP) is 2.08. The summed E-state index contributed by atoms with van der Waals surface area (Å²) in [5.41, 5.74) is 0.339. The standard InChI is InChI=1S/C14H24N4/c1-14(2,3)11-17-12-6-4-9-18(10-12)13-15-7-5-8-16-13/h5,7-8,12,17H,4,6,9-11H2,1-3H3. The molecule has 1 aliphatic heterocycles. The smallest absolute Gasteiger partial charge is 0.225 e. The van der Waals surface area contributed by atoms with Crippen LogP contribution < -0.4 is 10.2 Å². The van der Waals surface area contributed by atoms with Crippen LogP contribution in [0.5, 0.6) is 0 Å². The Bertz CT molecular complexity index is 358. The van der Waals surface area contributed by atoms with Gasteiger partial charge in [0.15, 0.2) is 0 Å². The molecule has 0 saturated carbocycles. The number of hydrogen-bond acceptors (Lipinski definition) is 4. The topological polar surface area (TPSA) is 41.0 Å². The molecule has 0 radical (unpaired) electrons. The Morgan fingerprint density at radius 3 is 2.72 bits per heavy atom. The van der Waals surface area contributed by atoms with E-state index in [0.717, 1.165) is 25.6 Å². The van der Waals surface area contributed by atoms with Gasteiger partial charge in [-0.25, -0.2) is 9.97 Å². The second-order valence-electron chi connectivity index (χ2n) is 6.28. The number of rotatable bonds is 3.